The third-order valence-corrected chi connectivity index (χ3v) is 10.3. The summed E-state index contributed by atoms with van der Waals surface area (Å²) in [6, 6.07) is 53.3. The van der Waals surface area contributed by atoms with Gasteiger partial charge in [-0.3, -0.25) is 0 Å². The van der Waals surface area contributed by atoms with Crippen LogP contribution in [0, 0.1) is 0 Å². The molecule has 0 aliphatic rings. The van der Waals surface area contributed by atoms with Crippen LogP contribution >= 0.6 is 11.3 Å². The van der Waals surface area contributed by atoms with Gasteiger partial charge in [-0.05, 0) is 41.8 Å². The molecule has 2 nitrogen and oxygen atoms in total. The van der Waals surface area contributed by atoms with Gasteiger partial charge in [0.15, 0.2) is 0 Å². The van der Waals surface area contributed by atoms with E-state index >= 15 is 0 Å². The predicted octanol–water partition coefficient (Wildman–Crippen LogP) is 11.4. The van der Waals surface area contributed by atoms with Crippen molar-refractivity contribution in [2.24, 2.45) is 0 Å². The fourth-order valence-electron chi connectivity index (χ4n) is 7.32. The smallest absolute Gasteiger partial charge is 0.0641 e. The molecule has 43 heavy (non-hydrogen) atoms. The first-order chi connectivity index (χ1) is 21.4. The van der Waals surface area contributed by atoms with Crippen LogP contribution in [-0.4, -0.2) is 9.13 Å². The van der Waals surface area contributed by atoms with Crippen molar-refractivity contribution in [1.82, 2.24) is 9.13 Å². The minimum Gasteiger partial charge on any atom is -0.309 e. The molecule has 0 aliphatic heterocycles. The number of nitrogens with zero attached hydrogens (tertiary/aromatic N) is 2. The first kappa shape index (κ1) is 23.2. The van der Waals surface area contributed by atoms with Gasteiger partial charge < -0.3 is 9.13 Å². The lowest BCUT2D eigenvalue weighted by Crippen LogP contribution is -1.95. The van der Waals surface area contributed by atoms with E-state index in [-0.39, 0.29) is 0 Å². The third-order valence-electron chi connectivity index (χ3n) is 9.09. The standard InChI is InChI=1S/C40H24N2S/c1-2-12-26(13-3-1)41-34-24-23-30-28-15-6-8-18-33(28)42(35-19-10-17-31-29-16-7-9-20-36(29)43-40(31)35)39(30)37(34)32-22-21-25-11-4-5-14-27(25)38(32)41/h1-24H. The molecule has 0 amide bonds. The van der Waals surface area contributed by atoms with Crippen LogP contribution < -0.4 is 0 Å². The molecule has 10 rings (SSSR count). The Bertz CT molecular complexity index is 2720. The number of fused-ring (bicyclic) bond motifs is 12. The van der Waals surface area contributed by atoms with Crippen molar-refractivity contribution in [3.8, 4) is 11.4 Å². The summed E-state index contributed by atoms with van der Waals surface area (Å²) in [4.78, 5) is 0. The van der Waals surface area contributed by atoms with Crippen molar-refractivity contribution in [1.29, 1.82) is 0 Å². The number of hydrogen-bond donors (Lipinski definition) is 0. The maximum absolute atomic E-state index is 2.54. The highest BCUT2D eigenvalue weighted by Gasteiger charge is 2.23. The molecule has 10 aromatic rings. The van der Waals surface area contributed by atoms with Crippen LogP contribution in [0.1, 0.15) is 0 Å². The van der Waals surface area contributed by atoms with Crippen LogP contribution in [0.3, 0.4) is 0 Å². The summed E-state index contributed by atoms with van der Waals surface area (Å²) in [5, 5.41) is 10.3. The monoisotopic (exact) mass is 564 g/mol. The second-order valence-corrected chi connectivity index (χ2v) is 12.4. The average Bonchev–Trinajstić information content (AvgIpc) is 3.73. The molecule has 0 saturated heterocycles. The molecule has 0 saturated carbocycles. The lowest BCUT2D eigenvalue weighted by atomic mass is 10.0. The number of hydrogen-bond acceptors (Lipinski definition) is 1. The Morgan fingerprint density at radius 2 is 1.12 bits per heavy atom. The molecule has 0 fully saturated rings. The molecular formula is C40H24N2S. The second kappa shape index (κ2) is 8.57. The Balaban J connectivity index is 1.48. The molecule has 3 heterocycles. The molecule has 0 spiro atoms. The van der Waals surface area contributed by atoms with Crippen LogP contribution in [0.5, 0.6) is 0 Å². The van der Waals surface area contributed by atoms with Gasteiger partial charge in [0, 0.05) is 48.1 Å². The Kier molecular flexibility index (Phi) is 4.63. The zero-order valence-electron chi connectivity index (χ0n) is 23.2. The molecule has 200 valence electrons. The quantitative estimate of drug-likeness (QED) is 0.198. The molecule has 7 aromatic carbocycles. The summed E-state index contributed by atoms with van der Waals surface area (Å²) >= 11 is 1.89. The maximum Gasteiger partial charge on any atom is 0.0641 e. The van der Waals surface area contributed by atoms with E-state index in [1.807, 2.05) is 11.3 Å². The Hall–Kier alpha value is -5.38. The lowest BCUT2D eigenvalue weighted by molar-refractivity contribution is 1.18. The van der Waals surface area contributed by atoms with E-state index in [2.05, 4.69) is 155 Å². The minimum absolute atomic E-state index is 1.17. The zero-order valence-corrected chi connectivity index (χ0v) is 24.0. The molecular weight excluding hydrogens is 541 g/mol. The number of aromatic nitrogens is 2. The molecule has 3 heteroatoms. The first-order valence-corrected chi connectivity index (χ1v) is 15.5. The number of benzene rings is 7. The van der Waals surface area contributed by atoms with Gasteiger partial charge in [-0.1, -0.05) is 109 Å². The molecule has 0 bridgehead atoms. The van der Waals surface area contributed by atoms with Crippen LogP contribution in [0.25, 0.3) is 85.9 Å². The van der Waals surface area contributed by atoms with E-state index in [0.29, 0.717) is 0 Å². The molecule has 0 atom stereocenters. The minimum atomic E-state index is 1.17. The van der Waals surface area contributed by atoms with Crippen LogP contribution in [0.4, 0.5) is 0 Å². The van der Waals surface area contributed by atoms with Gasteiger partial charge in [0.25, 0.3) is 0 Å². The van der Waals surface area contributed by atoms with Gasteiger partial charge in [-0.2, -0.15) is 0 Å². The van der Waals surface area contributed by atoms with Gasteiger partial charge in [0.05, 0.1) is 32.5 Å². The molecule has 0 N–H and O–H groups in total. The predicted molar refractivity (Wildman–Crippen MR) is 186 cm³/mol. The van der Waals surface area contributed by atoms with Crippen molar-refractivity contribution in [2.45, 2.75) is 0 Å². The largest absolute Gasteiger partial charge is 0.309 e. The van der Waals surface area contributed by atoms with Crippen molar-refractivity contribution in [3.05, 3.63) is 146 Å². The van der Waals surface area contributed by atoms with Crippen molar-refractivity contribution in [3.63, 3.8) is 0 Å². The molecule has 0 unspecified atom stereocenters. The highest BCUT2D eigenvalue weighted by molar-refractivity contribution is 7.26. The van der Waals surface area contributed by atoms with Crippen molar-refractivity contribution in [2.75, 3.05) is 0 Å². The van der Waals surface area contributed by atoms with Gasteiger partial charge in [-0.25, -0.2) is 0 Å². The zero-order chi connectivity index (χ0) is 28.1. The number of rotatable bonds is 2. The van der Waals surface area contributed by atoms with E-state index in [9.17, 15) is 0 Å². The van der Waals surface area contributed by atoms with Crippen LogP contribution in [-0.2, 0) is 0 Å². The fraction of sp³-hybridized carbons (Fsp3) is 0. The Morgan fingerprint density at radius 1 is 0.395 bits per heavy atom. The second-order valence-electron chi connectivity index (χ2n) is 11.3. The van der Waals surface area contributed by atoms with E-state index in [1.165, 1.54) is 85.9 Å². The SMILES string of the molecule is c1ccc(-n2c3ccc4c5ccccc5n(-c5cccc6c5sc5ccccc56)c4c3c3ccc4ccccc4c32)cc1. The normalized spacial score (nSPS) is 12.2. The van der Waals surface area contributed by atoms with Gasteiger partial charge in [0.2, 0.25) is 0 Å². The molecule has 3 aromatic heterocycles. The average molecular weight is 565 g/mol. The van der Waals surface area contributed by atoms with Gasteiger partial charge >= 0.3 is 0 Å². The summed E-state index contributed by atoms with van der Waals surface area (Å²) < 4.78 is 7.65. The van der Waals surface area contributed by atoms with E-state index in [4.69, 9.17) is 0 Å². The third kappa shape index (κ3) is 3.07. The van der Waals surface area contributed by atoms with E-state index in [1.54, 1.807) is 0 Å². The maximum atomic E-state index is 2.54. The fourth-order valence-corrected chi connectivity index (χ4v) is 8.53. The highest BCUT2D eigenvalue weighted by Crippen LogP contribution is 2.45. The Morgan fingerprint density at radius 3 is 2.02 bits per heavy atom. The lowest BCUT2D eigenvalue weighted by Gasteiger charge is -2.11. The van der Waals surface area contributed by atoms with E-state index < -0.39 is 0 Å². The summed E-state index contributed by atoms with van der Waals surface area (Å²) in [7, 11) is 0. The van der Waals surface area contributed by atoms with Crippen LogP contribution in [0.15, 0.2) is 146 Å². The van der Waals surface area contributed by atoms with Crippen molar-refractivity contribution >= 4 is 85.9 Å². The summed E-state index contributed by atoms with van der Waals surface area (Å²) in [5.74, 6) is 0. The van der Waals surface area contributed by atoms with E-state index in [0.717, 1.165) is 0 Å². The Labute approximate surface area is 251 Å². The summed E-state index contributed by atoms with van der Waals surface area (Å²) in [6.45, 7) is 0. The number of thiophene rings is 1. The first-order valence-electron chi connectivity index (χ1n) is 14.7. The highest BCUT2D eigenvalue weighted by atomic mass is 32.1. The summed E-state index contributed by atoms with van der Waals surface area (Å²) in [5.41, 5.74) is 7.38. The molecule has 0 radical (unpaired) electrons. The summed E-state index contributed by atoms with van der Waals surface area (Å²) in [6.07, 6.45) is 0. The van der Waals surface area contributed by atoms with Crippen LogP contribution in [0.2, 0.25) is 0 Å². The topological polar surface area (TPSA) is 9.86 Å². The van der Waals surface area contributed by atoms with Gasteiger partial charge in [0.1, 0.15) is 0 Å². The van der Waals surface area contributed by atoms with Gasteiger partial charge in [-0.15, -0.1) is 11.3 Å². The number of para-hydroxylation sites is 2. The van der Waals surface area contributed by atoms with Crippen molar-refractivity contribution < 1.29 is 0 Å². The molecule has 0 aliphatic carbocycles.